The summed E-state index contributed by atoms with van der Waals surface area (Å²) < 4.78 is 0. The van der Waals surface area contributed by atoms with Gasteiger partial charge in [-0.25, -0.2) is 0 Å². The highest BCUT2D eigenvalue weighted by molar-refractivity contribution is 5.96. The minimum atomic E-state index is -0.904. The Bertz CT molecular complexity index is 807. The van der Waals surface area contributed by atoms with Gasteiger partial charge in [0.2, 0.25) is 0 Å². The maximum atomic E-state index is 11.2. The number of aliphatic hydroxyl groups is 1. The van der Waals surface area contributed by atoms with Gasteiger partial charge in [0, 0.05) is 12.0 Å². The van der Waals surface area contributed by atoms with Crippen LogP contribution >= 0.6 is 0 Å². The summed E-state index contributed by atoms with van der Waals surface area (Å²) in [7, 11) is 0. The lowest BCUT2D eigenvalue weighted by Crippen LogP contribution is -2.54. The van der Waals surface area contributed by atoms with E-state index in [9.17, 15) is 5.11 Å². The molecule has 0 bridgehead atoms. The molecule has 4 heteroatoms. The second-order valence-corrected chi connectivity index (χ2v) is 11.5. The molecule has 6 atom stereocenters. The zero-order valence-corrected chi connectivity index (χ0v) is 19.5. The van der Waals surface area contributed by atoms with Crippen LogP contribution in [0.5, 0.6) is 0 Å². The molecule has 3 unspecified atom stereocenters. The lowest BCUT2D eigenvalue weighted by atomic mass is 9.46. The smallest absolute Gasteiger partial charge is 0.130 e. The lowest BCUT2D eigenvalue weighted by Gasteiger charge is -2.58. The van der Waals surface area contributed by atoms with Gasteiger partial charge in [0.25, 0.3) is 0 Å². The SMILES string of the molecule is C#C[C@]1(O)CCC2C3CCC4=C/C(=N/OCCN5CCCC5)CC[C@]4(C)C3CC[C@@]21C. The second kappa shape index (κ2) is 7.92. The second-order valence-electron chi connectivity index (χ2n) is 11.5. The number of fused-ring (bicyclic) bond motifs is 5. The molecule has 0 aromatic rings. The molecule has 4 fully saturated rings. The largest absolute Gasteiger partial charge is 0.394 e. The van der Waals surface area contributed by atoms with E-state index in [4.69, 9.17) is 11.3 Å². The fraction of sp³-hybridized carbons (Fsp3) is 0.815. The number of allylic oxidation sites excluding steroid dienone is 2. The molecule has 170 valence electrons. The minimum absolute atomic E-state index is 0.106. The maximum absolute atomic E-state index is 11.2. The van der Waals surface area contributed by atoms with Gasteiger partial charge in [-0.15, -0.1) is 6.42 Å². The predicted molar refractivity (Wildman–Crippen MR) is 125 cm³/mol. The third-order valence-corrected chi connectivity index (χ3v) is 10.2. The van der Waals surface area contributed by atoms with Crippen molar-refractivity contribution in [3.63, 3.8) is 0 Å². The van der Waals surface area contributed by atoms with Crippen molar-refractivity contribution in [2.45, 2.75) is 83.7 Å². The summed E-state index contributed by atoms with van der Waals surface area (Å²) in [6, 6.07) is 0. The molecule has 31 heavy (non-hydrogen) atoms. The molecular formula is C27H40N2O2. The highest BCUT2D eigenvalue weighted by atomic mass is 16.6. The summed E-state index contributed by atoms with van der Waals surface area (Å²) in [6.07, 6.45) is 19.5. The molecule has 0 aromatic heterocycles. The summed E-state index contributed by atoms with van der Waals surface area (Å²) in [6.45, 7) is 8.91. The Labute approximate surface area is 188 Å². The normalized spacial score (nSPS) is 46.1. The first-order valence-corrected chi connectivity index (χ1v) is 12.7. The van der Waals surface area contributed by atoms with Gasteiger partial charge in [0.15, 0.2) is 0 Å². The van der Waals surface area contributed by atoms with Gasteiger partial charge < -0.3 is 9.94 Å². The van der Waals surface area contributed by atoms with Crippen molar-refractivity contribution in [1.29, 1.82) is 0 Å². The number of nitrogens with zero attached hydrogens (tertiary/aromatic N) is 2. The van der Waals surface area contributed by atoms with E-state index in [0.717, 1.165) is 44.4 Å². The van der Waals surface area contributed by atoms with Crippen molar-refractivity contribution in [2.24, 2.45) is 33.7 Å². The maximum Gasteiger partial charge on any atom is 0.130 e. The van der Waals surface area contributed by atoms with Gasteiger partial charge in [-0.1, -0.05) is 30.5 Å². The average molecular weight is 425 g/mol. The Hall–Kier alpha value is -1.31. The van der Waals surface area contributed by atoms with Gasteiger partial charge in [-0.2, -0.15) is 0 Å². The van der Waals surface area contributed by atoms with Crippen LogP contribution in [0.25, 0.3) is 0 Å². The third-order valence-electron chi connectivity index (χ3n) is 10.2. The summed E-state index contributed by atoms with van der Waals surface area (Å²) in [4.78, 5) is 8.19. The Morgan fingerprint density at radius 2 is 1.90 bits per heavy atom. The molecule has 1 heterocycles. The van der Waals surface area contributed by atoms with Gasteiger partial charge in [0.05, 0.1) is 5.71 Å². The Morgan fingerprint density at radius 1 is 1.13 bits per heavy atom. The first-order valence-electron chi connectivity index (χ1n) is 12.7. The third kappa shape index (κ3) is 3.39. The van der Waals surface area contributed by atoms with Gasteiger partial charge in [-0.05, 0) is 107 Å². The molecule has 5 aliphatic rings. The molecule has 1 N–H and O–H groups in total. The van der Waals surface area contributed by atoms with E-state index < -0.39 is 5.60 Å². The van der Waals surface area contributed by atoms with E-state index >= 15 is 0 Å². The number of hydrogen-bond acceptors (Lipinski definition) is 4. The van der Waals surface area contributed by atoms with Crippen LogP contribution in [0.4, 0.5) is 0 Å². The molecule has 1 aliphatic heterocycles. The minimum Gasteiger partial charge on any atom is -0.394 e. The van der Waals surface area contributed by atoms with E-state index in [1.807, 2.05) is 0 Å². The van der Waals surface area contributed by atoms with Crippen LogP contribution in [0.2, 0.25) is 0 Å². The molecule has 4 aliphatic carbocycles. The Balaban J connectivity index is 1.27. The lowest BCUT2D eigenvalue weighted by molar-refractivity contribution is -0.0987. The van der Waals surface area contributed by atoms with Crippen molar-refractivity contribution in [2.75, 3.05) is 26.2 Å². The summed E-state index contributed by atoms with van der Waals surface area (Å²) in [5.41, 5.74) is 1.99. The zero-order chi connectivity index (χ0) is 21.7. The predicted octanol–water partition coefficient (Wildman–Crippen LogP) is 4.78. The highest BCUT2D eigenvalue weighted by Gasteiger charge is 2.63. The molecule has 5 rings (SSSR count). The molecule has 0 amide bonds. The van der Waals surface area contributed by atoms with Crippen LogP contribution in [0.1, 0.15) is 78.1 Å². The van der Waals surface area contributed by atoms with E-state index in [1.165, 1.54) is 45.2 Å². The fourth-order valence-electron chi connectivity index (χ4n) is 8.20. The topological polar surface area (TPSA) is 45.1 Å². The number of rotatable bonds is 4. The highest BCUT2D eigenvalue weighted by Crippen LogP contribution is 2.67. The molecule has 0 aromatic carbocycles. The fourth-order valence-corrected chi connectivity index (χ4v) is 8.20. The zero-order valence-electron chi connectivity index (χ0n) is 19.5. The van der Waals surface area contributed by atoms with Gasteiger partial charge in [0.1, 0.15) is 12.2 Å². The number of terminal acetylenes is 1. The quantitative estimate of drug-likeness (QED) is 0.401. The van der Waals surface area contributed by atoms with Crippen LogP contribution in [0.15, 0.2) is 16.8 Å². The van der Waals surface area contributed by atoms with E-state index in [1.54, 1.807) is 5.57 Å². The van der Waals surface area contributed by atoms with E-state index in [-0.39, 0.29) is 10.8 Å². The standard InChI is InChI=1S/C27H40N2O2/c1-4-27(30)14-11-24-22-8-7-20-19-21(28-31-18-17-29-15-5-6-16-29)9-12-25(20,2)23(22)10-13-26(24,27)3/h1,19,22-24,30H,5-18H2,2-3H3/b28-21+/t22?,23?,24?,25-,26-,27-/m0/s1. The van der Waals surface area contributed by atoms with Crippen LogP contribution in [0, 0.1) is 40.9 Å². The van der Waals surface area contributed by atoms with Crippen molar-refractivity contribution in [3.8, 4) is 12.3 Å². The first kappa shape index (κ1) is 21.5. The monoisotopic (exact) mass is 424 g/mol. The molecule has 3 saturated carbocycles. The van der Waals surface area contributed by atoms with Crippen molar-refractivity contribution in [3.05, 3.63) is 11.6 Å². The van der Waals surface area contributed by atoms with Gasteiger partial charge >= 0.3 is 0 Å². The molecular weight excluding hydrogens is 384 g/mol. The van der Waals surface area contributed by atoms with Crippen molar-refractivity contribution in [1.82, 2.24) is 4.90 Å². The van der Waals surface area contributed by atoms with E-state index in [0.29, 0.717) is 24.4 Å². The van der Waals surface area contributed by atoms with E-state index in [2.05, 4.69) is 35.9 Å². The van der Waals surface area contributed by atoms with Crippen LogP contribution in [-0.2, 0) is 4.84 Å². The molecule has 1 saturated heterocycles. The molecule has 0 spiro atoms. The number of oxime groups is 1. The Kier molecular flexibility index (Phi) is 5.50. The number of hydrogen-bond donors (Lipinski definition) is 1. The Morgan fingerprint density at radius 3 is 2.68 bits per heavy atom. The average Bonchev–Trinajstić information content (AvgIpc) is 3.38. The van der Waals surface area contributed by atoms with Crippen molar-refractivity contribution >= 4 is 5.71 Å². The summed E-state index contributed by atoms with van der Waals surface area (Å²) in [5, 5.41) is 15.7. The number of likely N-dealkylation sites (tertiary alicyclic amines) is 1. The molecule has 0 radical (unpaired) electrons. The molecule has 4 nitrogen and oxygen atoms in total. The summed E-state index contributed by atoms with van der Waals surface area (Å²) >= 11 is 0. The first-order chi connectivity index (χ1) is 14.9. The summed E-state index contributed by atoms with van der Waals surface area (Å²) in [5.74, 6) is 4.77. The van der Waals surface area contributed by atoms with Gasteiger partial charge in [-0.3, -0.25) is 4.90 Å². The van der Waals surface area contributed by atoms with Crippen LogP contribution < -0.4 is 0 Å². The van der Waals surface area contributed by atoms with Crippen LogP contribution in [0.3, 0.4) is 0 Å². The van der Waals surface area contributed by atoms with Crippen molar-refractivity contribution < 1.29 is 9.94 Å². The van der Waals surface area contributed by atoms with Crippen LogP contribution in [-0.4, -0.2) is 47.6 Å².